The van der Waals surface area contributed by atoms with E-state index in [2.05, 4.69) is 19.7 Å². The Kier molecular flexibility index (Phi) is 4.29. The number of methoxy groups -OCH3 is 1. The van der Waals surface area contributed by atoms with Gasteiger partial charge in [-0.15, -0.1) is 0 Å². The van der Waals surface area contributed by atoms with Crippen LogP contribution in [-0.2, 0) is 0 Å². The van der Waals surface area contributed by atoms with E-state index in [1.807, 2.05) is 24.3 Å². The number of benzene rings is 1. The van der Waals surface area contributed by atoms with E-state index in [1.165, 1.54) is 0 Å². The summed E-state index contributed by atoms with van der Waals surface area (Å²) in [5.74, 6) is 0.954. The van der Waals surface area contributed by atoms with Crippen LogP contribution < -0.4 is 10.1 Å². The van der Waals surface area contributed by atoms with Crippen molar-refractivity contribution in [2.75, 3.05) is 12.4 Å². The number of nitrogens with one attached hydrogen (secondary N) is 1. The van der Waals surface area contributed by atoms with Crippen molar-refractivity contribution in [3.8, 4) is 17.1 Å². The second kappa shape index (κ2) is 6.53. The molecule has 3 aromatic rings. The number of aryl methyl sites for hydroxylation is 1. The largest absolute Gasteiger partial charge is 0.496 e. The Morgan fingerprint density at radius 1 is 1.22 bits per heavy atom. The van der Waals surface area contributed by atoms with Gasteiger partial charge < -0.3 is 4.74 Å². The Morgan fingerprint density at radius 3 is 2.83 bits per heavy atom. The molecule has 0 fully saturated rings. The zero-order chi connectivity index (χ0) is 16.2. The second-order valence-corrected chi connectivity index (χ2v) is 5.47. The summed E-state index contributed by atoms with van der Waals surface area (Å²) in [6, 6.07) is 10.9. The summed E-state index contributed by atoms with van der Waals surface area (Å²) >= 11 is 1.12. The third-order valence-electron chi connectivity index (χ3n) is 3.25. The van der Waals surface area contributed by atoms with Crippen molar-refractivity contribution in [1.82, 2.24) is 14.3 Å². The second-order valence-electron chi connectivity index (χ2n) is 4.71. The fraction of sp³-hybridized carbons (Fsp3) is 0.125. The normalized spacial score (nSPS) is 10.3. The maximum atomic E-state index is 12.3. The van der Waals surface area contributed by atoms with Gasteiger partial charge in [-0.2, -0.15) is 9.36 Å². The Balaban J connectivity index is 1.83. The first-order valence-corrected chi connectivity index (χ1v) is 7.66. The van der Waals surface area contributed by atoms with Crippen molar-refractivity contribution < 1.29 is 9.53 Å². The van der Waals surface area contributed by atoms with Crippen LogP contribution in [0.1, 0.15) is 16.1 Å². The summed E-state index contributed by atoms with van der Waals surface area (Å²) in [6.45, 7) is 1.79. The number of pyridine rings is 1. The van der Waals surface area contributed by atoms with Crippen LogP contribution in [0.25, 0.3) is 11.4 Å². The molecule has 1 N–H and O–H groups in total. The van der Waals surface area contributed by atoms with Gasteiger partial charge in [0.25, 0.3) is 5.91 Å². The number of hydrogen-bond acceptors (Lipinski definition) is 6. The minimum absolute atomic E-state index is 0.252. The van der Waals surface area contributed by atoms with Crippen LogP contribution >= 0.6 is 11.5 Å². The number of ether oxygens (including phenoxy) is 1. The molecule has 116 valence electrons. The smallest absolute Gasteiger partial charge is 0.259 e. The molecule has 2 aromatic heterocycles. The first-order valence-electron chi connectivity index (χ1n) is 6.89. The van der Waals surface area contributed by atoms with Gasteiger partial charge in [-0.25, -0.2) is 0 Å². The number of hydrogen-bond donors (Lipinski definition) is 1. The summed E-state index contributed by atoms with van der Waals surface area (Å²) < 4.78 is 9.59. The molecule has 0 bridgehead atoms. The van der Waals surface area contributed by atoms with Crippen molar-refractivity contribution in [2.24, 2.45) is 0 Å². The number of nitrogens with zero attached hydrogens (tertiary/aromatic N) is 3. The van der Waals surface area contributed by atoms with Gasteiger partial charge in [-0.1, -0.05) is 12.1 Å². The highest BCUT2D eigenvalue weighted by atomic mass is 32.1. The van der Waals surface area contributed by atoms with Crippen LogP contribution in [0.4, 0.5) is 5.13 Å². The number of anilines is 1. The number of carbonyl (C=O) groups excluding carboxylic acids is 1. The Hall–Kier alpha value is -2.80. The van der Waals surface area contributed by atoms with Gasteiger partial charge in [0.05, 0.1) is 18.2 Å². The zero-order valence-electron chi connectivity index (χ0n) is 12.6. The molecular weight excluding hydrogens is 312 g/mol. The van der Waals surface area contributed by atoms with Crippen LogP contribution in [0.3, 0.4) is 0 Å². The lowest BCUT2D eigenvalue weighted by Crippen LogP contribution is -2.13. The average Bonchev–Trinajstić information content (AvgIpc) is 3.03. The SMILES string of the molecule is COc1ccccc1-c1nsc(NC(=O)c2cccnc2C)n1. The molecule has 1 amide bonds. The molecule has 2 heterocycles. The van der Waals surface area contributed by atoms with Gasteiger partial charge in [0.15, 0.2) is 5.82 Å². The molecule has 0 saturated carbocycles. The molecule has 0 unspecified atom stereocenters. The average molecular weight is 326 g/mol. The molecule has 0 aliphatic carbocycles. The third-order valence-corrected chi connectivity index (χ3v) is 3.88. The van der Waals surface area contributed by atoms with Crippen molar-refractivity contribution in [2.45, 2.75) is 6.92 Å². The van der Waals surface area contributed by atoms with Crippen LogP contribution in [-0.4, -0.2) is 27.4 Å². The maximum absolute atomic E-state index is 12.3. The first kappa shape index (κ1) is 15.1. The van der Waals surface area contributed by atoms with Crippen molar-refractivity contribution in [3.05, 3.63) is 53.9 Å². The summed E-state index contributed by atoms with van der Waals surface area (Å²) in [7, 11) is 1.60. The monoisotopic (exact) mass is 326 g/mol. The minimum atomic E-state index is -0.252. The van der Waals surface area contributed by atoms with Crippen LogP contribution in [0.15, 0.2) is 42.6 Å². The van der Waals surface area contributed by atoms with E-state index in [0.717, 1.165) is 17.1 Å². The van der Waals surface area contributed by atoms with Crippen LogP contribution in [0, 0.1) is 6.92 Å². The Bertz CT molecular complexity index is 847. The molecule has 23 heavy (non-hydrogen) atoms. The van der Waals surface area contributed by atoms with Crippen molar-refractivity contribution in [1.29, 1.82) is 0 Å². The highest BCUT2D eigenvalue weighted by Crippen LogP contribution is 2.29. The van der Waals surface area contributed by atoms with E-state index in [-0.39, 0.29) is 5.91 Å². The fourth-order valence-corrected chi connectivity index (χ4v) is 2.68. The number of rotatable bonds is 4. The van der Waals surface area contributed by atoms with Gasteiger partial charge in [-0.05, 0) is 31.2 Å². The minimum Gasteiger partial charge on any atom is -0.496 e. The maximum Gasteiger partial charge on any atom is 0.259 e. The van der Waals surface area contributed by atoms with Gasteiger partial charge in [0.2, 0.25) is 5.13 Å². The number of aromatic nitrogens is 3. The predicted octanol–water partition coefficient (Wildman–Crippen LogP) is 3.17. The molecule has 7 heteroatoms. The van der Waals surface area contributed by atoms with E-state index < -0.39 is 0 Å². The molecule has 0 aliphatic rings. The lowest BCUT2D eigenvalue weighted by molar-refractivity contribution is 0.102. The molecule has 0 spiro atoms. The Labute approximate surface area is 137 Å². The van der Waals surface area contributed by atoms with Gasteiger partial charge in [-0.3, -0.25) is 15.1 Å². The molecule has 3 rings (SSSR count). The standard InChI is InChI=1S/C16H14N4O2S/c1-10-11(7-5-9-17-10)15(21)19-16-18-14(20-23-16)12-6-3-4-8-13(12)22-2/h3-9H,1-2H3,(H,18,19,20,21). The molecule has 0 atom stereocenters. The van der Waals surface area contributed by atoms with Gasteiger partial charge in [0.1, 0.15) is 5.75 Å². The molecule has 0 saturated heterocycles. The summed E-state index contributed by atoms with van der Waals surface area (Å²) in [4.78, 5) is 20.7. The third kappa shape index (κ3) is 3.19. The highest BCUT2D eigenvalue weighted by Gasteiger charge is 2.15. The molecule has 0 aliphatic heterocycles. The highest BCUT2D eigenvalue weighted by molar-refractivity contribution is 7.10. The summed E-state index contributed by atoms with van der Waals surface area (Å²) in [5, 5.41) is 3.18. The summed E-state index contributed by atoms with van der Waals surface area (Å²) in [5.41, 5.74) is 1.96. The number of amides is 1. The van der Waals surface area contributed by atoms with E-state index >= 15 is 0 Å². The molecule has 6 nitrogen and oxygen atoms in total. The predicted molar refractivity (Wildman–Crippen MR) is 88.8 cm³/mol. The fourth-order valence-electron chi connectivity index (χ4n) is 2.10. The first-order chi connectivity index (χ1) is 11.2. The zero-order valence-corrected chi connectivity index (χ0v) is 13.4. The van der Waals surface area contributed by atoms with Crippen LogP contribution in [0.2, 0.25) is 0 Å². The number of para-hydroxylation sites is 1. The molecule has 1 aromatic carbocycles. The summed E-state index contributed by atoms with van der Waals surface area (Å²) in [6.07, 6.45) is 1.65. The van der Waals surface area contributed by atoms with E-state index in [1.54, 1.807) is 32.4 Å². The Morgan fingerprint density at radius 2 is 2.04 bits per heavy atom. The van der Waals surface area contributed by atoms with E-state index in [4.69, 9.17) is 4.74 Å². The molecule has 0 radical (unpaired) electrons. The van der Waals surface area contributed by atoms with Crippen molar-refractivity contribution in [3.63, 3.8) is 0 Å². The molecular formula is C16H14N4O2S. The van der Waals surface area contributed by atoms with Gasteiger partial charge in [0, 0.05) is 23.4 Å². The topological polar surface area (TPSA) is 77.0 Å². The van der Waals surface area contributed by atoms with E-state index in [0.29, 0.717) is 28.0 Å². The lowest BCUT2D eigenvalue weighted by atomic mass is 10.2. The van der Waals surface area contributed by atoms with Crippen molar-refractivity contribution >= 4 is 22.6 Å². The van der Waals surface area contributed by atoms with Crippen LogP contribution in [0.5, 0.6) is 5.75 Å². The van der Waals surface area contributed by atoms with E-state index in [9.17, 15) is 4.79 Å². The van der Waals surface area contributed by atoms with Gasteiger partial charge >= 0.3 is 0 Å². The lowest BCUT2D eigenvalue weighted by Gasteiger charge is -2.04. The number of carbonyl (C=O) groups is 1. The quantitative estimate of drug-likeness (QED) is 0.797.